The fourth-order valence-corrected chi connectivity index (χ4v) is 3.76. The second-order valence-corrected chi connectivity index (χ2v) is 8.93. The minimum atomic E-state index is -5.14. The van der Waals surface area contributed by atoms with Crippen LogP contribution < -0.4 is 16.2 Å². The Bertz CT molecular complexity index is 1370. The molecule has 1 heterocycles. The summed E-state index contributed by atoms with van der Waals surface area (Å²) >= 11 is 0. The number of aromatic nitrogens is 1. The number of hydrogen-bond donors (Lipinski definition) is 3. The van der Waals surface area contributed by atoms with Crippen LogP contribution in [-0.4, -0.2) is 39.5 Å². The van der Waals surface area contributed by atoms with E-state index in [1.165, 1.54) is 38.1 Å². The van der Waals surface area contributed by atoms with Crippen molar-refractivity contribution < 1.29 is 32.7 Å². The van der Waals surface area contributed by atoms with Crippen molar-refractivity contribution in [3.8, 4) is 17.0 Å². The van der Waals surface area contributed by atoms with E-state index in [0.29, 0.717) is 11.1 Å². The standard InChI is InChI=1S/C27H26F3N3O5/c1-16(2)24(25(37)27(28,29)30)32-23(36)15-33-21(18-6-4-3-5-7-18)13-12-20(26(33)38)31-22(35)14-17-8-10-19(34)11-9-17/h3-13,16,24,34H,14-15H2,1-2H3,(H,31,35)(H,32,36). The van der Waals surface area contributed by atoms with Gasteiger partial charge in [-0.1, -0.05) is 56.3 Å². The summed E-state index contributed by atoms with van der Waals surface area (Å²) in [5.74, 6) is -4.43. The third kappa shape index (κ3) is 7.09. The van der Waals surface area contributed by atoms with Gasteiger partial charge >= 0.3 is 6.18 Å². The first-order valence-corrected chi connectivity index (χ1v) is 11.6. The summed E-state index contributed by atoms with van der Waals surface area (Å²) in [6.07, 6.45) is -5.24. The molecule has 0 aliphatic heterocycles. The zero-order valence-electron chi connectivity index (χ0n) is 20.6. The predicted molar refractivity (Wildman–Crippen MR) is 134 cm³/mol. The number of alkyl halides is 3. The molecular weight excluding hydrogens is 503 g/mol. The van der Waals surface area contributed by atoms with E-state index in [4.69, 9.17) is 0 Å². The molecule has 0 spiro atoms. The van der Waals surface area contributed by atoms with Crippen LogP contribution in [0.1, 0.15) is 19.4 Å². The first kappa shape index (κ1) is 28.2. The Labute approximate surface area is 216 Å². The molecule has 11 heteroatoms. The van der Waals surface area contributed by atoms with E-state index in [1.54, 1.807) is 42.5 Å². The Morgan fingerprint density at radius 2 is 1.55 bits per heavy atom. The number of Topliss-reactive ketones (excluding diaryl/α,β-unsaturated/α-hetero) is 1. The predicted octanol–water partition coefficient (Wildman–Crippen LogP) is 3.67. The number of nitrogens with one attached hydrogen (secondary N) is 2. The summed E-state index contributed by atoms with van der Waals surface area (Å²) in [5, 5.41) is 14.0. The molecule has 2 aromatic carbocycles. The van der Waals surface area contributed by atoms with E-state index in [9.17, 15) is 37.5 Å². The highest BCUT2D eigenvalue weighted by atomic mass is 19.4. The van der Waals surface area contributed by atoms with Gasteiger partial charge in [0, 0.05) is 0 Å². The van der Waals surface area contributed by atoms with Crippen LogP contribution in [0.25, 0.3) is 11.3 Å². The van der Waals surface area contributed by atoms with E-state index in [2.05, 4.69) is 10.6 Å². The molecule has 3 rings (SSSR count). The van der Waals surface area contributed by atoms with Crippen molar-refractivity contribution in [1.82, 2.24) is 9.88 Å². The number of phenolic OH excluding ortho intramolecular Hbond substituents is 1. The van der Waals surface area contributed by atoms with Gasteiger partial charge in [0.2, 0.25) is 11.8 Å². The molecule has 38 heavy (non-hydrogen) atoms. The van der Waals surface area contributed by atoms with Gasteiger partial charge in [-0.05, 0) is 41.3 Å². The highest BCUT2D eigenvalue weighted by Crippen LogP contribution is 2.22. The molecular formula is C27H26F3N3O5. The summed E-state index contributed by atoms with van der Waals surface area (Å²) in [6.45, 7) is 2.03. The van der Waals surface area contributed by atoms with Crippen LogP contribution in [0.15, 0.2) is 71.5 Å². The average molecular weight is 530 g/mol. The van der Waals surface area contributed by atoms with Crippen LogP contribution >= 0.6 is 0 Å². The van der Waals surface area contributed by atoms with E-state index in [0.717, 1.165) is 4.57 Å². The lowest BCUT2D eigenvalue weighted by Crippen LogP contribution is -2.50. The Morgan fingerprint density at radius 3 is 2.13 bits per heavy atom. The largest absolute Gasteiger partial charge is 0.508 e. The number of carbonyl (C=O) groups is 3. The fraction of sp³-hybridized carbons (Fsp3) is 0.259. The summed E-state index contributed by atoms with van der Waals surface area (Å²) in [6, 6.07) is 15.5. The van der Waals surface area contributed by atoms with E-state index in [1.807, 2.05) is 0 Å². The number of pyridine rings is 1. The first-order valence-electron chi connectivity index (χ1n) is 11.6. The highest BCUT2D eigenvalue weighted by molar-refractivity contribution is 5.93. The van der Waals surface area contributed by atoms with Gasteiger partial charge in [-0.25, -0.2) is 0 Å². The van der Waals surface area contributed by atoms with Crippen molar-refractivity contribution in [2.75, 3.05) is 5.32 Å². The van der Waals surface area contributed by atoms with Gasteiger partial charge < -0.3 is 15.7 Å². The van der Waals surface area contributed by atoms with Gasteiger partial charge in [0.15, 0.2) is 0 Å². The van der Waals surface area contributed by atoms with Crippen LogP contribution in [0, 0.1) is 5.92 Å². The number of ketones is 1. The summed E-state index contributed by atoms with van der Waals surface area (Å²) < 4.78 is 40.1. The lowest BCUT2D eigenvalue weighted by atomic mass is 9.99. The number of aromatic hydroxyl groups is 1. The SMILES string of the molecule is CC(C)C(NC(=O)Cn1c(-c2ccccc2)ccc(NC(=O)Cc2ccc(O)cc2)c1=O)C(=O)C(F)(F)F. The summed E-state index contributed by atoms with van der Waals surface area (Å²) in [4.78, 5) is 50.5. The van der Waals surface area contributed by atoms with Crippen molar-refractivity contribution in [2.45, 2.75) is 39.0 Å². The van der Waals surface area contributed by atoms with E-state index >= 15 is 0 Å². The molecule has 0 bridgehead atoms. The number of rotatable bonds is 9. The Kier molecular flexibility index (Phi) is 8.72. The molecule has 0 fully saturated rings. The molecule has 0 saturated heterocycles. The lowest BCUT2D eigenvalue weighted by Gasteiger charge is -2.23. The molecule has 0 aliphatic carbocycles. The number of phenols is 1. The zero-order valence-corrected chi connectivity index (χ0v) is 20.6. The molecule has 200 valence electrons. The highest BCUT2D eigenvalue weighted by Gasteiger charge is 2.45. The van der Waals surface area contributed by atoms with Gasteiger partial charge in [-0.15, -0.1) is 0 Å². The monoisotopic (exact) mass is 529 g/mol. The molecule has 0 radical (unpaired) electrons. The topological polar surface area (TPSA) is 118 Å². The van der Waals surface area contributed by atoms with Crippen LogP contribution in [0.3, 0.4) is 0 Å². The quantitative estimate of drug-likeness (QED) is 0.391. The molecule has 1 atom stereocenters. The summed E-state index contributed by atoms with van der Waals surface area (Å²) in [7, 11) is 0. The van der Waals surface area contributed by atoms with Crippen molar-refractivity contribution in [2.24, 2.45) is 5.92 Å². The van der Waals surface area contributed by atoms with Gasteiger partial charge in [-0.2, -0.15) is 13.2 Å². The Morgan fingerprint density at radius 1 is 0.921 bits per heavy atom. The van der Waals surface area contributed by atoms with Crippen molar-refractivity contribution >= 4 is 23.3 Å². The third-order valence-corrected chi connectivity index (χ3v) is 5.67. The van der Waals surface area contributed by atoms with Gasteiger partial charge in [0.1, 0.15) is 18.0 Å². The van der Waals surface area contributed by atoms with Gasteiger partial charge in [0.25, 0.3) is 11.3 Å². The third-order valence-electron chi connectivity index (χ3n) is 5.67. The number of amides is 2. The van der Waals surface area contributed by atoms with Crippen LogP contribution in [0.2, 0.25) is 0 Å². The second-order valence-electron chi connectivity index (χ2n) is 8.93. The first-order chi connectivity index (χ1) is 17.9. The van der Waals surface area contributed by atoms with E-state index < -0.39 is 47.8 Å². The average Bonchev–Trinajstić information content (AvgIpc) is 2.86. The number of hydrogen-bond acceptors (Lipinski definition) is 5. The molecule has 0 saturated carbocycles. The van der Waals surface area contributed by atoms with Crippen molar-refractivity contribution in [3.05, 3.63) is 82.6 Å². The lowest BCUT2D eigenvalue weighted by molar-refractivity contribution is -0.174. The minimum absolute atomic E-state index is 0.0310. The maximum Gasteiger partial charge on any atom is 0.452 e. The maximum atomic E-state index is 13.3. The number of halogens is 3. The molecule has 1 aromatic heterocycles. The Balaban J connectivity index is 1.91. The Hall–Kier alpha value is -4.41. The van der Waals surface area contributed by atoms with Crippen LogP contribution in [0.4, 0.5) is 18.9 Å². The van der Waals surface area contributed by atoms with Crippen molar-refractivity contribution in [3.63, 3.8) is 0 Å². The maximum absolute atomic E-state index is 13.3. The van der Waals surface area contributed by atoms with Crippen LogP contribution in [0.5, 0.6) is 5.75 Å². The molecule has 3 aromatic rings. The van der Waals surface area contributed by atoms with Gasteiger partial charge in [0.05, 0.1) is 18.2 Å². The minimum Gasteiger partial charge on any atom is -0.508 e. The number of anilines is 1. The summed E-state index contributed by atoms with van der Waals surface area (Å²) in [5.41, 5.74) is 0.503. The molecule has 1 unspecified atom stereocenters. The van der Waals surface area contributed by atoms with Crippen molar-refractivity contribution in [1.29, 1.82) is 0 Å². The molecule has 0 aliphatic rings. The molecule has 2 amide bonds. The molecule has 8 nitrogen and oxygen atoms in total. The zero-order chi connectivity index (χ0) is 28.0. The van der Waals surface area contributed by atoms with Gasteiger partial charge in [-0.3, -0.25) is 23.7 Å². The number of benzene rings is 2. The van der Waals surface area contributed by atoms with Crippen LogP contribution in [-0.2, 0) is 27.3 Å². The second kappa shape index (κ2) is 11.8. The fourth-order valence-electron chi connectivity index (χ4n) is 3.76. The number of carbonyl (C=O) groups excluding carboxylic acids is 3. The smallest absolute Gasteiger partial charge is 0.452 e. The molecule has 3 N–H and O–H groups in total. The number of nitrogens with zero attached hydrogens (tertiary/aromatic N) is 1. The normalized spacial score (nSPS) is 12.2. The van der Waals surface area contributed by atoms with E-state index in [-0.39, 0.29) is 23.6 Å².